The van der Waals surface area contributed by atoms with Crippen LogP contribution in [-0.2, 0) is 28.0 Å². The highest BCUT2D eigenvalue weighted by Gasteiger charge is 2.08. The third kappa shape index (κ3) is 4.44. The number of carbonyl (C=O) groups excluding carboxylic acids is 2. The fourth-order valence-corrected chi connectivity index (χ4v) is 2.88. The first kappa shape index (κ1) is 18.5. The number of hydrogen-bond donors (Lipinski definition) is 0. The highest BCUT2D eigenvalue weighted by molar-refractivity contribution is 5.86. The quantitative estimate of drug-likeness (QED) is 0.500. The molecule has 3 rings (SSSR count). The molecule has 0 aliphatic rings. The zero-order valence-corrected chi connectivity index (χ0v) is 15.6. The second-order valence-electron chi connectivity index (χ2n) is 6.27. The van der Waals surface area contributed by atoms with Crippen LogP contribution in [0.2, 0.25) is 0 Å². The van der Waals surface area contributed by atoms with Gasteiger partial charge in [-0.3, -0.25) is 9.59 Å². The lowest BCUT2D eigenvalue weighted by molar-refractivity contribution is -0.142. The molecule has 0 saturated carbocycles. The molecule has 3 aromatic rings. The third-order valence-corrected chi connectivity index (χ3v) is 4.20. The van der Waals surface area contributed by atoms with Crippen LogP contribution in [0.15, 0.2) is 48.5 Å². The van der Waals surface area contributed by atoms with E-state index in [0.717, 1.165) is 27.7 Å². The van der Waals surface area contributed by atoms with E-state index in [0.29, 0.717) is 5.75 Å². The second kappa shape index (κ2) is 7.91. The molecular formula is C22H21NO4. The summed E-state index contributed by atoms with van der Waals surface area (Å²) >= 11 is 0. The summed E-state index contributed by atoms with van der Waals surface area (Å²) in [4.78, 5) is 22.4. The lowest BCUT2D eigenvalue weighted by Gasteiger charge is -2.09. The van der Waals surface area contributed by atoms with E-state index < -0.39 is 5.97 Å². The van der Waals surface area contributed by atoms with Crippen molar-refractivity contribution in [3.05, 3.63) is 65.4 Å². The summed E-state index contributed by atoms with van der Waals surface area (Å²) in [6.07, 6.45) is 3.89. The molecule has 0 spiro atoms. The van der Waals surface area contributed by atoms with Crippen molar-refractivity contribution in [1.82, 2.24) is 4.57 Å². The van der Waals surface area contributed by atoms with Gasteiger partial charge in [0.2, 0.25) is 0 Å². The number of benzene rings is 2. The number of nitrogens with zero attached hydrogens (tertiary/aromatic N) is 1. The number of ether oxygens (including phenoxy) is 2. The van der Waals surface area contributed by atoms with Crippen molar-refractivity contribution in [3.63, 3.8) is 0 Å². The lowest BCUT2D eigenvalue weighted by atomic mass is 10.1. The van der Waals surface area contributed by atoms with Crippen molar-refractivity contribution in [2.24, 2.45) is 7.05 Å². The van der Waals surface area contributed by atoms with Gasteiger partial charge < -0.3 is 14.0 Å². The molecule has 0 saturated heterocycles. The van der Waals surface area contributed by atoms with Crippen LogP contribution in [0.25, 0.3) is 23.1 Å². The van der Waals surface area contributed by atoms with E-state index in [2.05, 4.69) is 22.8 Å². The van der Waals surface area contributed by atoms with Gasteiger partial charge in [0, 0.05) is 43.1 Å². The topological polar surface area (TPSA) is 57.5 Å². The Morgan fingerprint density at radius 1 is 1.00 bits per heavy atom. The fraction of sp³-hybridized carbons (Fsp3) is 0.182. The highest BCUT2D eigenvalue weighted by atomic mass is 16.5. The average Bonchev–Trinajstić information content (AvgIpc) is 2.95. The smallest absolute Gasteiger partial charge is 0.308 e. The molecule has 0 atom stereocenters. The van der Waals surface area contributed by atoms with Gasteiger partial charge in [-0.05, 0) is 35.9 Å². The second-order valence-corrected chi connectivity index (χ2v) is 6.27. The van der Waals surface area contributed by atoms with Gasteiger partial charge in [0.1, 0.15) is 12.4 Å². The molecule has 0 aliphatic heterocycles. The van der Waals surface area contributed by atoms with Crippen LogP contribution in [0.1, 0.15) is 30.7 Å². The van der Waals surface area contributed by atoms with E-state index in [1.165, 1.54) is 13.8 Å². The monoisotopic (exact) mass is 363 g/mol. The van der Waals surface area contributed by atoms with Crippen molar-refractivity contribution in [3.8, 4) is 5.75 Å². The number of fused-ring (bicyclic) bond motifs is 1. The highest BCUT2D eigenvalue weighted by Crippen LogP contribution is 2.25. The van der Waals surface area contributed by atoms with Crippen LogP contribution in [0, 0.1) is 0 Å². The molecule has 5 heteroatoms. The van der Waals surface area contributed by atoms with Crippen molar-refractivity contribution in [2.75, 3.05) is 0 Å². The Morgan fingerprint density at radius 2 is 1.78 bits per heavy atom. The van der Waals surface area contributed by atoms with Crippen LogP contribution in [0.3, 0.4) is 0 Å². The lowest BCUT2D eigenvalue weighted by Crippen LogP contribution is -2.04. The number of hydrogen-bond acceptors (Lipinski definition) is 4. The van der Waals surface area contributed by atoms with Gasteiger partial charge in [0.15, 0.2) is 0 Å². The molecule has 0 bridgehead atoms. The van der Waals surface area contributed by atoms with Crippen molar-refractivity contribution >= 4 is 35.0 Å². The summed E-state index contributed by atoms with van der Waals surface area (Å²) in [5, 5.41) is 1.16. The van der Waals surface area contributed by atoms with E-state index in [-0.39, 0.29) is 12.6 Å². The molecule has 27 heavy (non-hydrogen) atoms. The van der Waals surface area contributed by atoms with Gasteiger partial charge >= 0.3 is 11.9 Å². The molecule has 5 nitrogen and oxygen atoms in total. The largest absolute Gasteiger partial charge is 0.461 e. The first-order chi connectivity index (χ1) is 12.9. The zero-order valence-electron chi connectivity index (χ0n) is 15.6. The summed E-state index contributed by atoms with van der Waals surface area (Å²) in [6.45, 7) is 2.85. The van der Waals surface area contributed by atoms with E-state index in [1.807, 2.05) is 43.5 Å². The standard InChI is InChI=1S/C22H21NO4/c1-15(24)26-14-17-8-9-18(22(12-17)27-16(2)25)10-11-20-13-19-6-4-5-7-21(19)23(20)3/h4-13H,14H2,1-3H3. The molecule has 0 amide bonds. The van der Waals surface area contributed by atoms with Gasteiger partial charge in [-0.25, -0.2) is 0 Å². The summed E-state index contributed by atoms with van der Waals surface area (Å²) in [7, 11) is 2.01. The van der Waals surface area contributed by atoms with Crippen LogP contribution >= 0.6 is 0 Å². The number of esters is 2. The number of carbonyl (C=O) groups is 2. The van der Waals surface area contributed by atoms with E-state index in [4.69, 9.17) is 9.47 Å². The van der Waals surface area contributed by atoms with Gasteiger partial charge in [-0.2, -0.15) is 0 Å². The molecule has 0 fully saturated rings. The average molecular weight is 363 g/mol. The summed E-state index contributed by atoms with van der Waals surface area (Å²) in [6, 6.07) is 15.7. The van der Waals surface area contributed by atoms with Gasteiger partial charge in [-0.1, -0.05) is 30.3 Å². The Bertz CT molecular complexity index is 1030. The SMILES string of the molecule is CC(=O)OCc1ccc(C=Cc2cc3ccccc3n2C)c(OC(C)=O)c1. The molecule has 0 radical (unpaired) electrons. The van der Waals surface area contributed by atoms with Crippen LogP contribution in [0.5, 0.6) is 5.75 Å². The summed E-state index contributed by atoms with van der Waals surface area (Å²) in [5.74, 6) is -0.329. The van der Waals surface area contributed by atoms with E-state index in [9.17, 15) is 9.59 Å². The number of aryl methyl sites for hydroxylation is 1. The Kier molecular flexibility index (Phi) is 5.41. The maximum Gasteiger partial charge on any atom is 0.308 e. The number of para-hydroxylation sites is 1. The first-order valence-corrected chi connectivity index (χ1v) is 8.61. The Balaban J connectivity index is 1.91. The van der Waals surface area contributed by atoms with Crippen LogP contribution in [0.4, 0.5) is 0 Å². The van der Waals surface area contributed by atoms with Crippen molar-refractivity contribution in [2.45, 2.75) is 20.5 Å². The first-order valence-electron chi connectivity index (χ1n) is 8.61. The van der Waals surface area contributed by atoms with Crippen LogP contribution in [-0.4, -0.2) is 16.5 Å². The minimum absolute atomic E-state index is 0.136. The molecule has 0 unspecified atom stereocenters. The Hall–Kier alpha value is -3.34. The van der Waals surface area contributed by atoms with Crippen molar-refractivity contribution in [1.29, 1.82) is 0 Å². The minimum atomic E-state index is -0.404. The van der Waals surface area contributed by atoms with Gasteiger partial charge in [0.05, 0.1) is 0 Å². The number of aromatic nitrogens is 1. The normalized spacial score (nSPS) is 11.1. The van der Waals surface area contributed by atoms with Crippen LogP contribution < -0.4 is 4.74 Å². The Labute approximate surface area is 157 Å². The molecule has 1 aromatic heterocycles. The maximum absolute atomic E-state index is 11.5. The molecule has 2 aromatic carbocycles. The van der Waals surface area contributed by atoms with Crippen molar-refractivity contribution < 1.29 is 19.1 Å². The number of rotatable bonds is 5. The van der Waals surface area contributed by atoms with E-state index in [1.54, 1.807) is 6.07 Å². The molecule has 0 aliphatic carbocycles. The molecule has 0 N–H and O–H groups in total. The van der Waals surface area contributed by atoms with Gasteiger partial charge in [0.25, 0.3) is 0 Å². The zero-order chi connectivity index (χ0) is 19.4. The summed E-state index contributed by atoms with van der Waals surface area (Å²) in [5.41, 5.74) is 3.70. The Morgan fingerprint density at radius 3 is 2.48 bits per heavy atom. The third-order valence-electron chi connectivity index (χ3n) is 4.20. The molecular weight excluding hydrogens is 342 g/mol. The minimum Gasteiger partial charge on any atom is -0.461 e. The summed E-state index contributed by atoms with van der Waals surface area (Å²) < 4.78 is 12.4. The predicted octanol–water partition coefficient (Wildman–Crippen LogP) is 4.34. The molecule has 138 valence electrons. The maximum atomic E-state index is 11.5. The van der Waals surface area contributed by atoms with Gasteiger partial charge in [-0.15, -0.1) is 0 Å². The predicted molar refractivity (Wildman–Crippen MR) is 105 cm³/mol. The van der Waals surface area contributed by atoms with E-state index >= 15 is 0 Å². The molecule has 1 heterocycles. The fourth-order valence-electron chi connectivity index (χ4n) is 2.88.